The molecule has 1 aliphatic heterocycles. The molecule has 0 spiro atoms. The third-order valence-corrected chi connectivity index (χ3v) is 3.47. The van der Waals surface area contributed by atoms with E-state index in [9.17, 15) is 4.79 Å². The molecule has 1 aromatic heterocycles. The minimum atomic E-state index is -0.426. The van der Waals surface area contributed by atoms with Crippen molar-refractivity contribution in [3.8, 4) is 0 Å². The summed E-state index contributed by atoms with van der Waals surface area (Å²) in [6, 6.07) is 2.11. The predicted octanol–water partition coefficient (Wildman–Crippen LogP) is 1.15. The molecule has 18 heavy (non-hydrogen) atoms. The van der Waals surface area contributed by atoms with Crippen LogP contribution < -0.4 is 5.73 Å². The first-order valence-electron chi connectivity index (χ1n) is 6.16. The van der Waals surface area contributed by atoms with Gasteiger partial charge in [0, 0.05) is 24.7 Å². The molecule has 2 unspecified atom stereocenters. The van der Waals surface area contributed by atoms with E-state index in [1.54, 1.807) is 0 Å². The second kappa shape index (κ2) is 5.12. The fourth-order valence-corrected chi connectivity index (χ4v) is 2.37. The largest absolute Gasteiger partial charge is 0.463 e. The average Bonchev–Trinajstić information content (AvgIpc) is 2.82. The van der Waals surface area contributed by atoms with Crippen LogP contribution in [0.5, 0.6) is 0 Å². The van der Waals surface area contributed by atoms with E-state index in [0.717, 1.165) is 24.4 Å². The quantitative estimate of drug-likeness (QED) is 0.817. The van der Waals surface area contributed by atoms with Gasteiger partial charge in [-0.15, -0.1) is 0 Å². The third kappa shape index (κ3) is 2.57. The zero-order valence-electron chi connectivity index (χ0n) is 11.1. The second-order valence-electron chi connectivity index (χ2n) is 5.05. The lowest BCUT2D eigenvalue weighted by Crippen LogP contribution is -2.28. The van der Waals surface area contributed by atoms with Crippen LogP contribution in [0.25, 0.3) is 0 Å². The van der Waals surface area contributed by atoms with Gasteiger partial charge in [-0.1, -0.05) is 6.92 Å². The Morgan fingerprint density at radius 1 is 1.61 bits per heavy atom. The Morgan fingerprint density at radius 3 is 2.89 bits per heavy atom. The molecule has 0 saturated carbocycles. The van der Waals surface area contributed by atoms with E-state index in [-0.39, 0.29) is 6.04 Å². The normalized spacial score (nSPS) is 24.4. The highest BCUT2D eigenvalue weighted by Gasteiger charge is 2.27. The van der Waals surface area contributed by atoms with E-state index in [2.05, 4.69) is 16.6 Å². The summed E-state index contributed by atoms with van der Waals surface area (Å²) in [5.41, 5.74) is 6.79. The SMILES string of the molecule is COC(=O)c1oc(CN2CC(C)C(N)C2)cc1C. The Bertz CT molecular complexity index is 431. The average molecular weight is 252 g/mol. The molecule has 1 fully saturated rings. The van der Waals surface area contributed by atoms with E-state index in [0.29, 0.717) is 18.2 Å². The van der Waals surface area contributed by atoms with E-state index >= 15 is 0 Å². The second-order valence-corrected chi connectivity index (χ2v) is 5.05. The monoisotopic (exact) mass is 252 g/mol. The molecule has 0 bridgehead atoms. The number of rotatable bonds is 3. The van der Waals surface area contributed by atoms with Crippen LogP contribution in [0.1, 0.15) is 28.8 Å². The van der Waals surface area contributed by atoms with E-state index in [1.165, 1.54) is 7.11 Å². The first kappa shape index (κ1) is 13.1. The van der Waals surface area contributed by atoms with Crippen LogP contribution in [-0.4, -0.2) is 37.1 Å². The van der Waals surface area contributed by atoms with Crippen molar-refractivity contribution in [3.05, 3.63) is 23.2 Å². The number of carbonyl (C=O) groups is 1. The molecule has 0 aliphatic carbocycles. The first-order chi connectivity index (χ1) is 8.51. The fraction of sp³-hybridized carbons (Fsp3) is 0.615. The van der Waals surface area contributed by atoms with E-state index in [4.69, 9.17) is 10.2 Å². The standard InChI is InChI=1S/C13H20N2O3/c1-8-4-10(18-12(8)13(16)17-3)6-15-5-9(2)11(14)7-15/h4,9,11H,5-7,14H2,1-3H3. The van der Waals surface area contributed by atoms with Crippen LogP contribution in [0, 0.1) is 12.8 Å². The van der Waals surface area contributed by atoms with Crippen molar-refractivity contribution in [1.29, 1.82) is 0 Å². The Labute approximate surface area is 107 Å². The number of methoxy groups -OCH3 is 1. The van der Waals surface area contributed by atoms with Crippen molar-refractivity contribution in [3.63, 3.8) is 0 Å². The lowest BCUT2D eigenvalue weighted by atomic mass is 10.1. The van der Waals surface area contributed by atoms with Crippen molar-refractivity contribution >= 4 is 5.97 Å². The predicted molar refractivity (Wildman–Crippen MR) is 67.2 cm³/mol. The molecule has 100 valence electrons. The lowest BCUT2D eigenvalue weighted by molar-refractivity contribution is 0.0560. The third-order valence-electron chi connectivity index (χ3n) is 3.47. The van der Waals surface area contributed by atoms with E-state index < -0.39 is 5.97 Å². The van der Waals surface area contributed by atoms with Gasteiger partial charge in [0.05, 0.1) is 13.7 Å². The minimum Gasteiger partial charge on any atom is -0.463 e. The maximum absolute atomic E-state index is 11.4. The van der Waals surface area contributed by atoms with Crippen LogP contribution in [0.4, 0.5) is 0 Å². The molecule has 1 aromatic rings. The first-order valence-corrected chi connectivity index (χ1v) is 6.16. The zero-order chi connectivity index (χ0) is 13.3. The number of furan rings is 1. The van der Waals surface area contributed by atoms with Crippen molar-refractivity contribution < 1.29 is 13.9 Å². The van der Waals surface area contributed by atoms with Gasteiger partial charge in [0.25, 0.3) is 0 Å². The van der Waals surface area contributed by atoms with Gasteiger partial charge < -0.3 is 14.9 Å². The summed E-state index contributed by atoms with van der Waals surface area (Å²) in [7, 11) is 1.35. The Morgan fingerprint density at radius 2 is 2.33 bits per heavy atom. The summed E-state index contributed by atoms with van der Waals surface area (Å²) in [6.07, 6.45) is 0. The van der Waals surface area contributed by atoms with Crippen LogP contribution >= 0.6 is 0 Å². The molecule has 1 aliphatic rings. The summed E-state index contributed by atoms with van der Waals surface area (Å²) in [4.78, 5) is 13.7. The van der Waals surface area contributed by atoms with Gasteiger partial charge in [0.15, 0.2) is 0 Å². The fourth-order valence-electron chi connectivity index (χ4n) is 2.37. The smallest absolute Gasteiger partial charge is 0.374 e. The van der Waals surface area contributed by atoms with Crippen LogP contribution in [0.15, 0.2) is 10.5 Å². The van der Waals surface area contributed by atoms with Gasteiger partial charge >= 0.3 is 5.97 Å². The summed E-state index contributed by atoms with van der Waals surface area (Å²) in [5.74, 6) is 1.16. The maximum Gasteiger partial charge on any atom is 0.374 e. The summed E-state index contributed by atoms with van der Waals surface area (Å²) in [5, 5.41) is 0. The molecule has 2 atom stereocenters. The number of esters is 1. The molecule has 0 radical (unpaired) electrons. The Kier molecular flexibility index (Phi) is 3.73. The molecule has 0 aromatic carbocycles. The maximum atomic E-state index is 11.4. The van der Waals surface area contributed by atoms with Crippen LogP contribution in [0.2, 0.25) is 0 Å². The summed E-state index contributed by atoms with van der Waals surface area (Å²) in [6.45, 7) is 6.52. The number of aryl methyl sites for hydroxylation is 1. The topological polar surface area (TPSA) is 68.7 Å². The Hall–Kier alpha value is -1.33. The van der Waals surface area contributed by atoms with Gasteiger partial charge in [0.2, 0.25) is 5.76 Å². The van der Waals surface area contributed by atoms with Gasteiger partial charge in [0.1, 0.15) is 5.76 Å². The van der Waals surface area contributed by atoms with Crippen molar-refractivity contribution in [2.24, 2.45) is 11.7 Å². The number of nitrogens with zero attached hydrogens (tertiary/aromatic N) is 1. The van der Waals surface area contributed by atoms with Crippen molar-refractivity contribution in [1.82, 2.24) is 4.90 Å². The molecule has 2 rings (SSSR count). The highest BCUT2D eigenvalue weighted by atomic mass is 16.5. The summed E-state index contributed by atoms with van der Waals surface area (Å²) < 4.78 is 10.2. The zero-order valence-corrected chi connectivity index (χ0v) is 11.1. The number of nitrogens with two attached hydrogens (primary N) is 1. The van der Waals surface area contributed by atoms with Gasteiger partial charge in [-0.3, -0.25) is 4.90 Å². The lowest BCUT2D eigenvalue weighted by Gasteiger charge is -2.12. The molecular formula is C13H20N2O3. The molecule has 2 heterocycles. The number of hydrogen-bond acceptors (Lipinski definition) is 5. The minimum absolute atomic E-state index is 0.223. The number of likely N-dealkylation sites (tertiary alicyclic amines) is 1. The number of carbonyl (C=O) groups excluding carboxylic acids is 1. The highest BCUT2D eigenvalue weighted by Crippen LogP contribution is 2.21. The molecule has 0 amide bonds. The van der Waals surface area contributed by atoms with Gasteiger partial charge in [-0.05, 0) is 18.9 Å². The molecular weight excluding hydrogens is 232 g/mol. The Balaban J connectivity index is 2.05. The molecule has 2 N–H and O–H groups in total. The van der Waals surface area contributed by atoms with Crippen LogP contribution in [0.3, 0.4) is 0 Å². The van der Waals surface area contributed by atoms with Gasteiger partial charge in [-0.2, -0.15) is 0 Å². The van der Waals surface area contributed by atoms with Crippen molar-refractivity contribution in [2.45, 2.75) is 26.4 Å². The number of hydrogen-bond donors (Lipinski definition) is 1. The molecule has 5 heteroatoms. The highest BCUT2D eigenvalue weighted by molar-refractivity contribution is 5.87. The van der Waals surface area contributed by atoms with Gasteiger partial charge in [-0.25, -0.2) is 4.79 Å². The van der Waals surface area contributed by atoms with E-state index in [1.807, 2.05) is 13.0 Å². The van der Waals surface area contributed by atoms with Crippen LogP contribution in [-0.2, 0) is 11.3 Å². The number of ether oxygens (including phenoxy) is 1. The summed E-state index contributed by atoms with van der Waals surface area (Å²) >= 11 is 0. The molecule has 1 saturated heterocycles. The molecule has 5 nitrogen and oxygen atoms in total. The van der Waals surface area contributed by atoms with Crippen molar-refractivity contribution in [2.75, 3.05) is 20.2 Å².